The van der Waals surface area contributed by atoms with Gasteiger partial charge in [0.05, 0.1) is 5.52 Å². The van der Waals surface area contributed by atoms with Crippen molar-refractivity contribution in [3.63, 3.8) is 0 Å². The standard InChI is InChI=1S/C15H20N4/c1-15(9-16-2)7-8-19(10-15)14-12-5-3-4-6-13(12)17-11-18-14/h3-6,11,16H,7-10H2,1-2H3. The Labute approximate surface area is 113 Å². The fourth-order valence-electron chi connectivity index (χ4n) is 3.02. The van der Waals surface area contributed by atoms with Gasteiger partial charge in [-0.05, 0) is 31.0 Å². The molecule has 1 aromatic heterocycles. The summed E-state index contributed by atoms with van der Waals surface area (Å²) in [6.07, 6.45) is 2.87. The van der Waals surface area contributed by atoms with Gasteiger partial charge >= 0.3 is 0 Å². The largest absolute Gasteiger partial charge is 0.355 e. The van der Waals surface area contributed by atoms with E-state index >= 15 is 0 Å². The molecule has 1 aromatic carbocycles. The lowest BCUT2D eigenvalue weighted by Gasteiger charge is -2.25. The summed E-state index contributed by atoms with van der Waals surface area (Å²) in [5.74, 6) is 1.07. The van der Waals surface area contributed by atoms with Gasteiger partial charge in [-0.15, -0.1) is 0 Å². The molecular formula is C15H20N4. The minimum absolute atomic E-state index is 0.334. The lowest BCUT2D eigenvalue weighted by molar-refractivity contribution is 0.356. The van der Waals surface area contributed by atoms with Crippen molar-refractivity contribution >= 4 is 16.7 Å². The third-order valence-electron chi connectivity index (χ3n) is 3.98. The predicted molar refractivity (Wildman–Crippen MR) is 78.4 cm³/mol. The van der Waals surface area contributed by atoms with Crippen LogP contribution in [-0.2, 0) is 0 Å². The monoisotopic (exact) mass is 256 g/mol. The van der Waals surface area contributed by atoms with E-state index in [0.717, 1.165) is 36.4 Å². The highest BCUT2D eigenvalue weighted by Gasteiger charge is 2.34. The van der Waals surface area contributed by atoms with Crippen LogP contribution in [-0.4, -0.2) is 36.6 Å². The molecule has 2 heterocycles. The van der Waals surface area contributed by atoms with Crippen LogP contribution < -0.4 is 10.2 Å². The van der Waals surface area contributed by atoms with Crippen molar-refractivity contribution in [1.82, 2.24) is 15.3 Å². The summed E-state index contributed by atoms with van der Waals surface area (Å²) in [5.41, 5.74) is 1.36. The molecule has 2 aromatic rings. The van der Waals surface area contributed by atoms with Gasteiger partial charge in [-0.3, -0.25) is 0 Å². The number of anilines is 1. The summed E-state index contributed by atoms with van der Waals surface area (Å²) in [6, 6.07) is 8.23. The highest BCUT2D eigenvalue weighted by molar-refractivity contribution is 5.89. The van der Waals surface area contributed by atoms with Crippen molar-refractivity contribution in [2.45, 2.75) is 13.3 Å². The molecule has 1 fully saturated rings. The van der Waals surface area contributed by atoms with Crippen molar-refractivity contribution in [1.29, 1.82) is 0 Å². The lowest BCUT2D eigenvalue weighted by Crippen LogP contribution is -2.33. The fourth-order valence-corrected chi connectivity index (χ4v) is 3.02. The molecule has 0 radical (unpaired) electrons. The number of nitrogens with one attached hydrogen (secondary N) is 1. The molecule has 1 unspecified atom stereocenters. The molecule has 1 N–H and O–H groups in total. The molecule has 4 nitrogen and oxygen atoms in total. The van der Waals surface area contributed by atoms with Gasteiger partial charge in [0.15, 0.2) is 0 Å². The van der Waals surface area contributed by atoms with E-state index in [1.807, 2.05) is 19.2 Å². The fraction of sp³-hybridized carbons (Fsp3) is 0.467. The Morgan fingerprint density at radius 2 is 2.16 bits per heavy atom. The lowest BCUT2D eigenvalue weighted by atomic mass is 9.90. The summed E-state index contributed by atoms with van der Waals surface area (Å²) >= 11 is 0. The number of nitrogens with zero attached hydrogens (tertiary/aromatic N) is 3. The van der Waals surface area contributed by atoms with Gasteiger partial charge < -0.3 is 10.2 Å². The molecule has 0 aliphatic carbocycles. The number of hydrogen-bond donors (Lipinski definition) is 1. The third kappa shape index (κ3) is 2.28. The summed E-state index contributed by atoms with van der Waals surface area (Å²) in [6.45, 7) is 5.51. The average molecular weight is 256 g/mol. The topological polar surface area (TPSA) is 41.0 Å². The minimum atomic E-state index is 0.334. The van der Waals surface area contributed by atoms with Crippen LogP contribution in [0.2, 0.25) is 0 Å². The van der Waals surface area contributed by atoms with Gasteiger partial charge in [-0.25, -0.2) is 9.97 Å². The summed E-state index contributed by atoms with van der Waals surface area (Å²) in [7, 11) is 2.02. The Morgan fingerprint density at radius 1 is 1.32 bits per heavy atom. The van der Waals surface area contributed by atoms with E-state index < -0.39 is 0 Å². The van der Waals surface area contributed by atoms with Crippen molar-refractivity contribution in [2.75, 3.05) is 31.6 Å². The molecule has 0 amide bonds. The van der Waals surface area contributed by atoms with Gasteiger partial charge in [0, 0.05) is 25.0 Å². The number of para-hydroxylation sites is 1. The Kier molecular flexibility index (Phi) is 3.11. The van der Waals surface area contributed by atoms with Gasteiger partial charge in [0.25, 0.3) is 0 Å². The van der Waals surface area contributed by atoms with Crippen LogP contribution in [0.3, 0.4) is 0 Å². The molecular weight excluding hydrogens is 236 g/mol. The SMILES string of the molecule is CNCC1(C)CCN(c2ncnc3ccccc23)C1. The maximum absolute atomic E-state index is 4.51. The van der Waals surface area contributed by atoms with E-state index in [1.54, 1.807) is 6.33 Å². The number of aromatic nitrogens is 2. The van der Waals surface area contributed by atoms with Gasteiger partial charge in [0.1, 0.15) is 12.1 Å². The first-order valence-electron chi connectivity index (χ1n) is 6.81. The average Bonchev–Trinajstić information content (AvgIpc) is 2.81. The zero-order valence-corrected chi connectivity index (χ0v) is 11.6. The Bertz CT molecular complexity index is 578. The highest BCUT2D eigenvalue weighted by Crippen LogP contribution is 2.34. The van der Waals surface area contributed by atoms with Crippen LogP contribution >= 0.6 is 0 Å². The van der Waals surface area contributed by atoms with E-state index in [2.05, 4.69) is 39.2 Å². The zero-order chi connectivity index (χ0) is 13.3. The number of benzene rings is 1. The molecule has 0 saturated carbocycles. The van der Waals surface area contributed by atoms with E-state index in [9.17, 15) is 0 Å². The smallest absolute Gasteiger partial charge is 0.139 e. The third-order valence-corrected chi connectivity index (χ3v) is 3.98. The van der Waals surface area contributed by atoms with Crippen molar-refractivity contribution in [3.8, 4) is 0 Å². The highest BCUT2D eigenvalue weighted by atomic mass is 15.2. The van der Waals surface area contributed by atoms with Crippen LogP contribution in [0.5, 0.6) is 0 Å². The van der Waals surface area contributed by atoms with Crippen molar-refractivity contribution < 1.29 is 0 Å². The van der Waals surface area contributed by atoms with E-state index in [4.69, 9.17) is 0 Å². The second kappa shape index (κ2) is 4.78. The Morgan fingerprint density at radius 3 is 3.00 bits per heavy atom. The maximum atomic E-state index is 4.51. The van der Waals surface area contributed by atoms with Crippen LogP contribution in [0.1, 0.15) is 13.3 Å². The minimum Gasteiger partial charge on any atom is -0.355 e. The Hall–Kier alpha value is -1.68. The van der Waals surface area contributed by atoms with Crippen molar-refractivity contribution in [2.24, 2.45) is 5.41 Å². The van der Waals surface area contributed by atoms with Crippen LogP contribution in [0.25, 0.3) is 10.9 Å². The van der Waals surface area contributed by atoms with E-state index in [1.165, 1.54) is 6.42 Å². The predicted octanol–water partition coefficient (Wildman–Crippen LogP) is 2.07. The number of rotatable bonds is 3. The molecule has 0 bridgehead atoms. The Balaban J connectivity index is 1.94. The number of fused-ring (bicyclic) bond motifs is 1. The second-order valence-electron chi connectivity index (χ2n) is 5.73. The first-order valence-corrected chi connectivity index (χ1v) is 6.81. The number of hydrogen-bond acceptors (Lipinski definition) is 4. The molecule has 4 heteroatoms. The molecule has 0 spiro atoms. The summed E-state index contributed by atoms with van der Waals surface area (Å²) in [4.78, 5) is 11.2. The van der Waals surface area contributed by atoms with E-state index in [-0.39, 0.29) is 0 Å². The molecule has 1 saturated heterocycles. The first-order chi connectivity index (χ1) is 9.22. The second-order valence-corrected chi connectivity index (χ2v) is 5.73. The maximum Gasteiger partial charge on any atom is 0.139 e. The molecule has 1 aliphatic heterocycles. The van der Waals surface area contributed by atoms with Gasteiger partial charge in [-0.1, -0.05) is 19.1 Å². The quantitative estimate of drug-likeness (QED) is 0.912. The molecule has 1 aliphatic rings. The molecule has 100 valence electrons. The van der Waals surface area contributed by atoms with Crippen LogP contribution in [0, 0.1) is 5.41 Å². The van der Waals surface area contributed by atoms with Gasteiger partial charge in [-0.2, -0.15) is 0 Å². The van der Waals surface area contributed by atoms with E-state index in [0.29, 0.717) is 5.41 Å². The summed E-state index contributed by atoms with van der Waals surface area (Å²) in [5, 5.41) is 4.45. The van der Waals surface area contributed by atoms with Gasteiger partial charge in [0.2, 0.25) is 0 Å². The van der Waals surface area contributed by atoms with Crippen molar-refractivity contribution in [3.05, 3.63) is 30.6 Å². The molecule has 1 atom stereocenters. The first kappa shape index (κ1) is 12.4. The zero-order valence-electron chi connectivity index (χ0n) is 11.6. The molecule has 3 rings (SSSR count). The summed E-state index contributed by atoms with van der Waals surface area (Å²) < 4.78 is 0. The van der Waals surface area contributed by atoms with Crippen LogP contribution in [0.4, 0.5) is 5.82 Å². The van der Waals surface area contributed by atoms with Crippen LogP contribution in [0.15, 0.2) is 30.6 Å². The molecule has 19 heavy (non-hydrogen) atoms. The normalized spacial score (nSPS) is 23.2.